The van der Waals surface area contributed by atoms with Crippen molar-refractivity contribution in [2.24, 2.45) is 0 Å². The summed E-state index contributed by atoms with van der Waals surface area (Å²) in [4.78, 5) is 16.1. The Morgan fingerprint density at radius 3 is 3.11 bits per heavy atom. The van der Waals surface area contributed by atoms with Crippen LogP contribution in [0.3, 0.4) is 0 Å². The lowest BCUT2D eigenvalue weighted by molar-refractivity contribution is -0.121. The summed E-state index contributed by atoms with van der Waals surface area (Å²) in [5.41, 5.74) is 0. The number of hydrogen-bond acceptors (Lipinski definition) is 4. The van der Waals surface area contributed by atoms with E-state index in [9.17, 15) is 4.79 Å². The Labute approximate surface area is 110 Å². The van der Waals surface area contributed by atoms with Crippen molar-refractivity contribution in [3.8, 4) is 0 Å². The molecule has 2 aromatic rings. The van der Waals surface area contributed by atoms with Crippen LogP contribution in [0.5, 0.6) is 0 Å². The van der Waals surface area contributed by atoms with E-state index in [1.807, 2.05) is 31.4 Å². The highest BCUT2D eigenvalue weighted by Gasteiger charge is 2.13. The molecule has 0 aliphatic rings. The molecule has 0 aliphatic carbocycles. The van der Waals surface area contributed by atoms with Gasteiger partial charge in [0.15, 0.2) is 0 Å². The van der Waals surface area contributed by atoms with Crippen LogP contribution in [0.1, 0.15) is 20.3 Å². The normalized spacial score (nSPS) is 12.3. The van der Waals surface area contributed by atoms with Crippen LogP contribution in [0.4, 0.5) is 5.82 Å². The number of nitrogens with one attached hydrogen (secondary N) is 2. The molecule has 2 aromatic heterocycles. The number of carbonyl (C=O) groups is 1. The number of rotatable bonds is 5. The minimum atomic E-state index is -0.283. The first-order chi connectivity index (χ1) is 8.72. The van der Waals surface area contributed by atoms with Crippen molar-refractivity contribution in [2.75, 3.05) is 11.9 Å². The van der Waals surface area contributed by atoms with Crippen molar-refractivity contribution in [2.45, 2.75) is 26.3 Å². The highest BCUT2D eigenvalue weighted by atomic mass is 32.1. The largest absolute Gasteiger partial charge is 0.358 e. The molecule has 0 aliphatic heterocycles. The van der Waals surface area contributed by atoms with E-state index < -0.39 is 0 Å². The first-order valence-electron chi connectivity index (χ1n) is 6.09. The van der Waals surface area contributed by atoms with Crippen LogP contribution in [0, 0.1) is 0 Å². The molecule has 1 atom stereocenters. The van der Waals surface area contributed by atoms with Gasteiger partial charge in [-0.15, -0.1) is 11.3 Å². The van der Waals surface area contributed by atoms with Gasteiger partial charge in [-0.05, 0) is 30.9 Å². The molecule has 5 heteroatoms. The quantitative estimate of drug-likeness (QED) is 0.872. The molecule has 96 valence electrons. The monoisotopic (exact) mass is 263 g/mol. The molecular weight excluding hydrogens is 246 g/mol. The summed E-state index contributed by atoms with van der Waals surface area (Å²) in [5, 5.41) is 9.13. The number of aromatic nitrogens is 1. The predicted octanol–water partition coefficient (Wildman–Crippen LogP) is 2.62. The molecule has 0 bridgehead atoms. The Balaban J connectivity index is 2.09. The van der Waals surface area contributed by atoms with Gasteiger partial charge in [0, 0.05) is 22.8 Å². The topological polar surface area (TPSA) is 54.0 Å². The molecule has 2 heterocycles. The SMILES string of the molecule is CCCNC(=O)C(C)Nc1nccc2sccc12. The van der Waals surface area contributed by atoms with Gasteiger partial charge in [-0.2, -0.15) is 0 Å². The van der Waals surface area contributed by atoms with Crippen molar-refractivity contribution in [1.29, 1.82) is 0 Å². The lowest BCUT2D eigenvalue weighted by Gasteiger charge is -2.14. The predicted molar refractivity (Wildman–Crippen MR) is 76.0 cm³/mol. The van der Waals surface area contributed by atoms with Crippen LogP contribution in [0.2, 0.25) is 0 Å². The molecule has 2 rings (SSSR count). The lowest BCUT2D eigenvalue weighted by atomic mass is 10.2. The second-order valence-corrected chi connectivity index (χ2v) is 5.10. The fourth-order valence-corrected chi connectivity index (χ4v) is 2.46. The van der Waals surface area contributed by atoms with Crippen LogP contribution in [0.25, 0.3) is 10.1 Å². The molecule has 0 saturated heterocycles. The van der Waals surface area contributed by atoms with E-state index in [1.165, 1.54) is 4.70 Å². The molecular formula is C13H17N3OS. The first kappa shape index (κ1) is 12.8. The zero-order valence-corrected chi connectivity index (χ0v) is 11.4. The summed E-state index contributed by atoms with van der Waals surface area (Å²) in [6.45, 7) is 4.59. The number of thiophene rings is 1. The summed E-state index contributed by atoms with van der Waals surface area (Å²) in [7, 11) is 0. The van der Waals surface area contributed by atoms with Gasteiger partial charge in [-0.25, -0.2) is 4.98 Å². The second-order valence-electron chi connectivity index (χ2n) is 4.15. The fraction of sp³-hybridized carbons (Fsp3) is 0.385. The van der Waals surface area contributed by atoms with E-state index in [1.54, 1.807) is 17.5 Å². The zero-order chi connectivity index (χ0) is 13.0. The van der Waals surface area contributed by atoms with Crippen molar-refractivity contribution in [3.05, 3.63) is 23.7 Å². The van der Waals surface area contributed by atoms with Crippen LogP contribution in [-0.2, 0) is 4.79 Å². The third kappa shape index (κ3) is 2.79. The molecule has 0 radical (unpaired) electrons. The number of hydrogen-bond donors (Lipinski definition) is 2. The van der Waals surface area contributed by atoms with E-state index in [0.717, 1.165) is 17.6 Å². The third-order valence-electron chi connectivity index (χ3n) is 2.68. The maximum Gasteiger partial charge on any atom is 0.242 e. The second kappa shape index (κ2) is 5.82. The standard InChI is InChI=1S/C13H17N3OS/c1-3-6-15-13(17)9(2)16-12-10-5-8-18-11(10)4-7-14-12/h4-5,7-9H,3,6H2,1-2H3,(H,14,16)(H,15,17). The van der Waals surface area contributed by atoms with Gasteiger partial charge in [0.1, 0.15) is 11.9 Å². The molecule has 0 spiro atoms. The number of amides is 1. The lowest BCUT2D eigenvalue weighted by Crippen LogP contribution is -2.38. The number of nitrogens with zero attached hydrogens (tertiary/aromatic N) is 1. The van der Waals surface area contributed by atoms with Crippen LogP contribution in [0.15, 0.2) is 23.7 Å². The van der Waals surface area contributed by atoms with Crippen LogP contribution in [-0.4, -0.2) is 23.5 Å². The minimum Gasteiger partial charge on any atom is -0.358 e. The number of anilines is 1. The fourth-order valence-electron chi connectivity index (χ4n) is 1.68. The summed E-state index contributed by atoms with van der Waals surface area (Å²) in [5.74, 6) is 0.777. The zero-order valence-electron chi connectivity index (χ0n) is 10.6. The maximum absolute atomic E-state index is 11.8. The summed E-state index contributed by atoms with van der Waals surface area (Å²) >= 11 is 1.67. The van der Waals surface area contributed by atoms with Crippen LogP contribution < -0.4 is 10.6 Å². The van der Waals surface area contributed by atoms with E-state index in [0.29, 0.717) is 6.54 Å². The van der Waals surface area contributed by atoms with Gasteiger partial charge in [0.2, 0.25) is 5.91 Å². The smallest absolute Gasteiger partial charge is 0.242 e. The van der Waals surface area contributed by atoms with Crippen molar-refractivity contribution in [1.82, 2.24) is 10.3 Å². The van der Waals surface area contributed by atoms with Crippen molar-refractivity contribution in [3.63, 3.8) is 0 Å². The van der Waals surface area contributed by atoms with E-state index in [-0.39, 0.29) is 11.9 Å². The Bertz CT molecular complexity index is 538. The van der Waals surface area contributed by atoms with Gasteiger partial charge < -0.3 is 10.6 Å². The summed E-state index contributed by atoms with van der Waals surface area (Å²) < 4.78 is 1.17. The van der Waals surface area contributed by atoms with Crippen molar-refractivity contribution >= 4 is 33.1 Å². The van der Waals surface area contributed by atoms with E-state index in [4.69, 9.17) is 0 Å². The molecule has 0 fully saturated rings. The van der Waals surface area contributed by atoms with E-state index in [2.05, 4.69) is 15.6 Å². The van der Waals surface area contributed by atoms with Gasteiger partial charge in [-0.1, -0.05) is 6.92 Å². The average Bonchev–Trinajstić information content (AvgIpc) is 2.85. The number of carbonyl (C=O) groups excluding carboxylic acids is 1. The molecule has 0 saturated carbocycles. The Kier molecular flexibility index (Phi) is 4.15. The highest BCUT2D eigenvalue weighted by Crippen LogP contribution is 2.26. The third-order valence-corrected chi connectivity index (χ3v) is 3.56. The number of fused-ring (bicyclic) bond motifs is 1. The molecule has 0 aromatic carbocycles. The van der Waals surface area contributed by atoms with Gasteiger partial charge in [-0.3, -0.25) is 4.79 Å². The number of pyridine rings is 1. The van der Waals surface area contributed by atoms with Gasteiger partial charge in [0.25, 0.3) is 0 Å². The van der Waals surface area contributed by atoms with Gasteiger partial charge >= 0.3 is 0 Å². The molecule has 2 N–H and O–H groups in total. The summed E-state index contributed by atoms with van der Waals surface area (Å²) in [6.07, 6.45) is 2.70. The van der Waals surface area contributed by atoms with Gasteiger partial charge in [0.05, 0.1) is 0 Å². The first-order valence-corrected chi connectivity index (χ1v) is 6.96. The maximum atomic E-state index is 11.8. The minimum absolute atomic E-state index is 0.00545. The highest BCUT2D eigenvalue weighted by molar-refractivity contribution is 7.17. The molecule has 1 unspecified atom stereocenters. The molecule has 1 amide bonds. The Morgan fingerprint density at radius 2 is 2.33 bits per heavy atom. The van der Waals surface area contributed by atoms with E-state index >= 15 is 0 Å². The average molecular weight is 263 g/mol. The van der Waals surface area contributed by atoms with Crippen LogP contribution >= 0.6 is 11.3 Å². The summed E-state index contributed by atoms with van der Waals surface area (Å²) in [6, 6.07) is 3.72. The van der Waals surface area contributed by atoms with Crippen molar-refractivity contribution < 1.29 is 4.79 Å². The Morgan fingerprint density at radius 1 is 1.50 bits per heavy atom. The molecule has 4 nitrogen and oxygen atoms in total. The molecule has 18 heavy (non-hydrogen) atoms. The Hall–Kier alpha value is -1.62.